The van der Waals surface area contributed by atoms with Gasteiger partial charge in [-0.1, -0.05) is 6.92 Å². The van der Waals surface area contributed by atoms with E-state index in [-0.39, 0.29) is 18.4 Å². The van der Waals surface area contributed by atoms with Gasteiger partial charge in [0.2, 0.25) is 5.91 Å². The van der Waals surface area contributed by atoms with Gasteiger partial charge in [-0.3, -0.25) is 9.69 Å². The number of imide groups is 1. The SMILES string of the molecule is CCCN1C(=O)CC(N)N(CC)C1=O. The Bertz CT molecular complexity index is 242. The zero-order chi connectivity index (χ0) is 10.7. The van der Waals surface area contributed by atoms with E-state index in [4.69, 9.17) is 5.73 Å². The third-order valence-corrected chi connectivity index (χ3v) is 2.35. The monoisotopic (exact) mass is 199 g/mol. The van der Waals surface area contributed by atoms with Crippen LogP contribution >= 0.6 is 0 Å². The second kappa shape index (κ2) is 4.41. The van der Waals surface area contributed by atoms with Crippen molar-refractivity contribution in [1.82, 2.24) is 9.80 Å². The molecule has 1 aliphatic rings. The molecule has 0 spiro atoms. The van der Waals surface area contributed by atoms with Gasteiger partial charge in [-0.05, 0) is 13.3 Å². The summed E-state index contributed by atoms with van der Waals surface area (Å²) in [4.78, 5) is 26.0. The van der Waals surface area contributed by atoms with Crippen molar-refractivity contribution >= 4 is 11.9 Å². The van der Waals surface area contributed by atoms with E-state index >= 15 is 0 Å². The molecule has 0 aromatic rings. The molecule has 1 heterocycles. The van der Waals surface area contributed by atoms with Crippen LogP contribution in [0.15, 0.2) is 0 Å². The van der Waals surface area contributed by atoms with Gasteiger partial charge >= 0.3 is 6.03 Å². The lowest BCUT2D eigenvalue weighted by Crippen LogP contribution is -2.59. The molecular formula is C9H17N3O2. The summed E-state index contributed by atoms with van der Waals surface area (Å²) in [5, 5.41) is 0. The normalized spacial score (nSPS) is 23.2. The van der Waals surface area contributed by atoms with E-state index in [0.717, 1.165) is 6.42 Å². The van der Waals surface area contributed by atoms with Gasteiger partial charge in [0.15, 0.2) is 0 Å². The summed E-state index contributed by atoms with van der Waals surface area (Å²) in [6, 6.07) is -0.252. The molecule has 5 nitrogen and oxygen atoms in total. The van der Waals surface area contributed by atoms with Gasteiger partial charge in [-0.25, -0.2) is 4.79 Å². The largest absolute Gasteiger partial charge is 0.327 e. The first kappa shape index (κ1) is 11.0. The first-order valence-electron chi connectivity index (χ1n) is 4.98. The van der Waals surface area contributed by atoms with E-state index in [9.17, 15) is 9.59 Å². The van der Waals surface area contributed by atoms with Crippen molar-refractivity contribution in [1.29, 1.82) is 0 Å². The molecule has 0 aromatic heterocycles. The Kier molecular flexibility index (Phi) is 3.46. The van der Waals surface area contributed by atoms with Crippen LogP contribution in [0.25, 0.3) is 0 Å². The molecule has 0 saturated carbocycles. The van der Waals surface area contributed by atoms with Gasteiger partial charge in [-0.2, -0.15) is 0 Å². The molecule has 3 amide bonds. The van der Waals surface area contributed by atoms with Crippen LogP contribution < -0.4 is 5.73 Å². The molecule has 1 aliphatic heterocycles. The van der Waals surface area contributed by atoms with Crippen molar-refractivity contribution in [3.05, 3.63) is 0 Å². The molecule has 1 saturated heterocycles. The zero-order valence-electron chi connectivity index (χ0n) is 8.69. The summed E-state index contributed by atoms with van der Waals surface area (Å²) in [5.41, 5.74) is 5.69. The van der Waals surface area contributed by atoms with Gasteiger partial charge in [0.05, 0.1) is 12.6 Å². The summed E-state index contributed by atoms with van der Waals surface area (Å²) in [5.74, 6) is -0.158. The average molecular weight is 199 g/mol. The van der Waals surface area contributed by atoms with E-state index in [0.29, 0.717) is 13.1 Å². The fourth-order valence-corrected chi connectivity index (χ4v) is 1.62. The summed E-state index contributed by atoms with van der Waals surface area (Å²) >= 11 is 0. The van der Waals surface area contributed by atoms with Crippen LogP contribution in [0.2, 0.25) is 0 Å². The Hall–Kier alpha value is -1.10. The first-order chi connectivity index (χ1) is 6.61. The van der Waals surface area contributed by atoms with Crippen molar-refractivity contribution in [2.75, 3.05) is 13.1 Å². The van der Waals surface area contributed by atoms with Crippen LogP contribution in [0.1, 0.15) is 26.7 Å². The van der Waals surface area contributed by atoms with Crippen molar-refractivity contribution in [3.63, 3.8) is 0 Å². The maximum absolute atomic E-state index is 11.7. The fourth-order valence-electron chi connectivity index (χ4n) is 1.62. The fraction of sp³-hybridized carbons (Fsp3) is 0.778. The van der Waals surface area contributed by atoms with Gasteiger partial charge in [0.1, 0.15) is 0 Å². The predicted octanol–water partition coefficient (Wildman–Crippen LogP) is 0.355. The van der Waals surface area contributed by atoms with Crippen molar-refractivity contribution in [2.24, 2.45) is 5.73 Å². The summed E-state index contributed by atoms with van der Waals surface area (Å²) < 4.78 is 0. The highest BCUT2D eigenvalue weighted by Crippen LogP contribution is 2.14. The van der Waals surface area contributed by atoms with Crippen molar-refractivity contribution in [3.8, 4) is 0 Å². The second-order valence-corrected chi connectivity index (χ2v) is 3.39. The minimum atomic E-state index is -0.451. The van der Waals surface area contributed by atoms with Crippen molar-refractivity contribution in [2.45, 2.75) is 32.9 Å². The average Bonchev–Trinajstić information content (AvgIpc) is 2.12. The van der Waals surface area contributed by atoms with Crippen LogP contribution in [-0.2, 0) is 4.79 Å². The highest BCUT2D eigenvalue weighted by Gasteiger charge is 2.35. The Labute approximate surface area is 83.8 Å². The van der Waals surface area contributed by atoms with E-state index in [1.807, 2.05) is 13.8 Å². The number of nitrogens with zero attached hydrogens (tertiary/aromatic N) is 2. The standard InChI is InChI=1S/C9H17N3O2/c1-3-5-12-8(13)6-7(10)11(4-2)9(12)14/h7H,3-6,10H2,1-2H3. The molecule has 80 valence electrons. The van der Waals surface area contributed by atoms with Crippen LogP contribution in [0.3, 0.4) is 0 Å². The van der Waals surface area contributed by atoms with E-state index in [1.54, 1.807) is 0 Å². The zero-order valence-corrected chi connectivity index (χ0v) is 8.69. The lowest BCUT2D eigenvalue weighted by atomic mass is 10.2. The predicted molar refractivity (Wildman–Crippen MR) is 52.4 cm³/mol. The second-order valence-electron chi connectivity index (χ2n) is 3.39. The molecule has 0 radical (unpaired) electrons. The molecule has 1 atom stereocenters. The number of rotatable bonds is 3. The molecule has 0 aliphatic carbocycles. The number of nitrogens with two attached hydrogens (primary N) is 1. The smallest absolute Gasteiger partial charge is 0.311 e. The lowest BCUT2D eigenvalue weighted by Gasteiger charge is -2.37. The Morgan fingerprint density at radius 3 is 2.57 bits per heavy atom. The van der Waals surface area contributed by atoms with E-state index in [2.05, 4.69) is 0 Å². The summed E-state index contributed by atoms with van der Waals surface area (Å²) in [7, 11) is 0. The number of carbonyl (C=O) groups is 2. The minimum Gasteiger partial charge on any atom is -0.311 e. The van der Waals surface area contributed by atoms with Crippen LogP contribution in [-0.4, -0.2) is 41.0 Å². The van der Waals surface area contributed by atoms with Crippen LogP contribution in [0, 0.1) is 0 Å². The molecule has 2 N–H and O–H groups in total. The van der Waals surface area contributed by atoms with Gasteiger partial charge in [0.25, 0.3) is 0 Å². The maximum Gasteiger partial charge on any atom is 0.327 e. The number of urea groups is 1. The molecule has 1 rings (SSSR count). The summed E-state index contributed by atoms with van der Waals surface area (Å²) in [6.07, 6.45) is 0.567. The Morgan fingerprint density at radius 1 is 1.43 bits per heavy atom. The molecular weight excluding hydrogens is 182 g/mol. The number of hydrogen-bond donors (Lipinski definition) is 1. The quantitative estimate of drug-likeness (QED) is 0.713. The third-order valence-electron chi connectivity index (χ3n) is 2.35. The number of hydrogen-bond acceptors (Lipinski definition) is 3. The highest BCUT2D eigenvalue weighted by atomic mass is 16.2. The summed E-state index contributed by atoms with van der Waals surface area (Å²) in [6.45, 7) is 4.83. The van der Waals surface area contributed by atoms with E-state index < -0.39 is 6.17 Å². The first-order valence-corrected chi connectivity index (χ1v) is 4.98. The molecule has 0 bridgehead atoms. The van der Waals surface area contributed by atoms with E-state index in [1.165, 1.54) is 9.80 Å². The maximum atomic E-state index is 11.7. The topological polar surface area (TPSA) is 66.6 Å². The lowest BCUT2D eigenvalue weighted by molar-refractivity contribution is -0.132. The van der Waals surface area contributed by atoms with Crippen LogP contribution in [0.4, 0.5) is 4.79 Å². The molecule has 0 aromatic carbocycles. The number of amides is 3. The Morgan fingerprint density at radius 2 is 2.07 bits per heavy atom. The van der Waals surface area contributed by atoms with Gasteiger partial charge in [-0.15, -0.1) is 0 Å². The highest BCUT2D eigenvalue weighted by molar-refractivity contribution is 5.97. The molecule has 5 heteroatoms. The van der Waals surface area contributed by atoms with Gasteiger partial charge in [0, 0.05) is 13.1 Å². The molecule has 1 fully saturated rings. The number of carbonyl (C=O) groups excluding carboxylic acids is 2. The van der Waals surface area contributed by atoms with Crippen molar-refractivity contribution < 1.29 is 9.59 Å². The molecule has 14 heavy (non-hydrogen) atoms. The third kappa shape index (κ3) is 1.87. The molecule has 1 unspecified atom stereocenters. The Balaban J connectivity index is 2.77. The minimum absolute atomic E-state index is 0.158. The van der Waals surface area contributed by atoms with Crippen LogP contribution in [0.5, 0.6) is 0 Å². The van der Waals surface area contributed by atoms with Gasteiger partial charge < -0.3 is 10.6 Å².